The van der Waals surface area contributed by atoms with E-state index in [1.165, 1.54) is 44.9 Å². The second kappa shape index (κ2) is 35.1. The second-order valence-corrected chi connectivity index (χ2v) is 14.5. The number of carbonyl (C=O) groups excluding carboxylic acids is 2. The summed E-state index contributed by atoms with van der Waals surface area (Å²) >= 11 is 0. The lowest BCUT2D eigenvalue weighted by Gasteiger charge is -2.31. The predicted molar refractivity (Wildman–Crippen MR) is 215 cm³/mol. The molecule has 2 atom stereocenters. The van der Waals surface area contributed by atoms with E-state index in [9.17, 15) is 19.5 Å². The van der Waals surface area contributed by atoms with Crippen LogP contribution in [0.15, 0.2) is 60.8 Å². The summed E-state index contributed by atoms with van der Waals surface area (Å²) in [6.45, 7) is 4.52. The topological polar surface area (TPSA) is 99.1 Å². The van der Waals surface area contributed by atoms with Crippen molar-refractivity contribution in [1.29, 1.82) is 0 Å². The molecule has 2 unspecified atom stereocenters. The van der Waals surface area contributed by atoms with Crippen LogP contribution in [0, 0.1) is 0 Å². The molecule has 0 aliphatic rings. The molecule has 0 aliphatic heterocycles. The number of quaternary nitrogens is 1. The van der Waals surface area contributed by atoms with E-state index in [-0.39, 0.29) is 42.7 Å². The molecule has 0 saturated heterocycles. The van der Waals surface area contributed by atoms with Gasteiger partial charge in [-0.1, -0.05) is 120 Å². The Morgan fingerprint density at radius 3 is 1.75 bits per heavy atom. The van der Waals surface area contributed by atoms with Crippen molar-refractivity contribution < 1.29 is 38.2 Å². The summed E-state index contributed by atoms with van der Waals surface area (Å²) in [5.41, 5.74) is 0. The van der Waals surface area contributed by atoms with Crippen LogP contribution in [0.1, 0.15) is 149 Å². The third-order valence-electron chi connectivity index (χ3n) is 8.68. The minimum Gasteiger partial charge on any atom is -0.477 e. The lowest BCUT2D eigenvalue weighted by molar-refractivity contribution is -0.887. The molecular weight excluding hydrogens is 654 g/mol. The third-order valence-corrected chi connectivity index (χ3v) is 8.68. The molecule has 0 aromatic rings. The average molecular weight is 731 g/mol. The molecule has 0 fully saturated rings. The Hall–Kier alpha value is -2.97. The van der Waals surface area contributed by atoms with Crippen molar-refractivity contribution in [3.8, 4) is 0 Å². The van der Waals surface area contributed by atoms with Gasteiger partial charge in [0.05, 0.1) is 34.4 Å². The first-order valence-corrected chi connectivity index (χ1v) is 20.3. The number of hydrogen-bond acceptors (Lipinski definition) is 6. The van der Waals surface area contributed by atoms with Gasteiger partial charge in [-0.25, -0.2) is 4.79 Å². The Labute approximate surface area is 318 Å². The van der Waals surface area contributed by atoms with Gasteiger partial charge in [-0.15, -0.1) is 0 Å². The number of nitrogens with zero attached hydrogens (tertiary/aromatic N) is 1. The highest BCUT2D eigenvalue weighted by Gasteiger charge is 2.31. The van der Waals surface area contributed by atoms with Gasteiger partial charge in [-0.3, -0.25) is 9.59 Å². The molecule has 0 spiro atoms. The third kappa shape index (κ3) is 32.9. The number of ether oxygens (including phenoxy) is 3. The fraction of sp³-hybridized carbons (Fsp3) is 0.705. The summed E-state index contributed by atoms with van der Waals surface area (Å²) in [5, 5.41) is 9.59. The number of carbonyl (C=O) groups is 3. The quantitative estimate of drug-likeness (QED) is 0.0228. The first-order valence-electron chi connectivity index (χ1n) is 20.3. The molecule has 52 heavy (non-hydrogen) atoms. The number of unbranched alkanes of at least 4 members (excludes halogenated alkanes) is 12. The van der Waals surface area contributed by atoms with Crippen molar-refractivity contribution in [3.63, 3.8) is 0 Å². The fourth-order valence-electron chi connectivity index (χ4n) is 5.51. The summed E-state index contributed by atoms with van der Waals surface area (Å²) in [7, 11) is 5.49. The molecule has 0 aromatic heterocycles. The summed E-state index contributed by atoms with van der Waals surface area (Å²) in [4.78, 5) is 36.8. The fourth-order valence-corrected chi connectivity index (χ4v) is 5.51. The van der Waals surface area contributed by atoms with E-state index >= 15 is 0 Å². The van der Waals surface area contributed by atoms with Gasteiger partial charge >= 0.3 is 17.9 Å². The number of carboxylic acids is 1. The zero-order valence-corrected chi connectivity index (χ0v) is 33.7. The molecule has 0 aromatic carbocycles. The Bertz CT molecular complexity index is 1040. The van der Waals surface area contributed by atoms with E-state index < -0.39 is 18.1 Å². The van der Waals surface area contributed by atoms with E-state index in [2.05, 4.69) is 74.6 Å². The number of carboxylic acid groups (broad SMARTS) is 1. The monoisotopic (exact) mass is 731 g/mol. The molecule has 8 nitrogen and oxygen atoms in total. The van der Waals surface area contributed by atoms with Crippen LogP contribution in [0.3, 0.4) is 0 Å². The molecule has 0 amide bonds. The molecule has 0 radical (unpaired) electrons. The summed E-state index contributed by atoms with van der Waals surface area (Å²) in [6.07, 6.45) is 41.3. The van der Waals surface area contributed by atoms with Crippen LogP contribution in [-0.2, 0) is 28.6 Å². The number of esters is 2. The van der Waals surface area contributed by atoms with Crippen LogP contribution in [0.2, 0.25) is 0 Å². The number of aliphatic carboxylic acids is 1. The first-order chi connectivity index (χ1) is 25.1. The summed E-state index contributed by atoms with van der Waals surface area (Å²) in [5.74, 6) is -1.56. The van der Waals surface area contributed by atoms with Gasteiger partial charge < -0.3 is 23.8 Å². The van der Waals surface area contributed by atoms with Crippen molar-refractivity contribution >= 4 is 17.9 Å². The maximum absolute atomic E-state index is 12.6. The van der Waals surface area contributed by atoms with Gasteiger partial charge in [0, 0.05) is 19.3 Å². The minimum atomic E-state index is -0.888. The lowest BCUT2D eigenvalue weighted by Crippen LogP contribution is -2.50. The second-order valence-electron chi connectivity index (χ2n) is 14.5. The maximum Gasteiger partial charge on any atom is 0.362 e. The van der Waals surface area contributed by atoms with Crippen molar-refractivity contribution in [1.82, 2.24) is 0 Å². The Balaban J connectivity index is 4.49. The molecule has 0 bridgehead atoms. The van der Waals surface area contributed by atoms with Crippen LogP contribution in [0.5, 0.6) is 0 Å². The largest absolute Gasteiger partial charge is 0.477 e. The van der Waals surface area contributed by atoms with E-state index in [1.54, 1.807) is 0 Å². The lowest BCUT2D eigenvalue weighted by atomic mass is 10.1. The van der Waals surface area contributed by atoms with Crippen molar-refractivity contribution in [2.45, 2.75) is 161 Å². The Morgan fingerprint density at radius 2 is 1.13 bits per heavy atom. The van der Waals surface area contributed by atoms with Crippen molar-refractivity contribution in [2.75, 3.05) is 41.0 Å². The van der Waals surface area contributed by atoms with Crippen molar-refractivity contribution in [2.24, 2.45) is 0 Å². The highest BCUT2D eigenvalue weighted by Crippen LogP contribution is 2.12. The molecule has 298 valence electrons. The van der Waals surface area contributed by atoms with Crippen LogP contribution >= 0.6 is 0 Å². The van der Waals surface area contributed by atoms with Gasteiger partial charge in [0.25, 0.3) is 0 Å². The van der Waals surface area contributed by atoms with Crippen LogP contribution in [-0.4, -0.2) is 80.6 Å². The molecule has 0 aliphatic carbocycles. The standard InChI is InChI=1S/C44H75NO7/c1-6-8-10-12-14-16-18-20-21-22-23-25-26-28-30-32-34-42(46)51-39-40(38-50-37-36-41(44(48)49)45(3,4)5)52-43(47)35-33-31-29-27-24-19-17-15-13-11-9-7-2/h9,11,15,17,21-25,27,40-41H,6-8,10,12-14,16,18-20,26,28-39H2,1-5H3/p+1/b11-9+,17-15+,22-21+,25-23+,27-24+. The maximum atomic E-state index is 12.6. The molecule has 8 heteroatoms. The summed E-state index contributed by atoms with van der Waals surface area (Å²) < 4.78 is 17.1. The van der Waals surface area contributed by atoms with Crippen LogP contribution in [0.4, 0.5) is 0 Å². The molecule has 1 N–H and O–H groups in total. The van der Waals surface area contributed by atoms with Crippen molar-refractivity contribution in [3.05, 3.63) is 60.8 Å². The normalized spacial score (nSPS) is 13.6. The van der Waals surface area contributed by atoms with E-state index in [1.807, 2.05) is 21.1 Å². The van der Waals surface area contributed by atoms with Gasteiger partial charge in [-0.2, -0.15) is 0 Å². The zero-order chi connectivity index (χ0) is 38.5. The van der Waals surface area contributed by atoms with Gasteiger partial charge in [-0.05, 0) is 70.6 Å². The minimum absolute atomic E-state index is 0.0345. The van der Waals surface area contributed by atoms with Crippen LogP contribution < -0.4 is 0 Å². The van der Waals surface area contributed by atoms with Gasteiger partial charge in [0.15, 0.2) is 12.1 Å². The Morgan fingerprint density at radius 1 is 0.615 bits per heavy atom. The molecule has 0 rings (SSSR count). The Kier molecular flexibility index (Phi) is 33.1. The summed E-state index contributed by atoms with van der Waals surface area (Å²) in [6, 6.07) is -0.626. The van der Waals surface area contributed by atoms with Gasteiger partial charge in [0.2, 0.25) is 0 Å². The highest BCUT2D eigenvalue weighted by molar-refractivity contribution is 5.72. The number of hydrogen-bond donors (Lipinski definition) is 1. The molecule has 0 saturated carbocycles. The predicted octanol–water partition coefficient (Wildman–Crippen LogP) is 10.6. The molecular formula is C44H76NO7+. The van der Waals surface area contributed by atoms with Gasteiger partial charge in [0.1, 0.15) is 6.61 Å². The molecule has 0 heterocycles. The average Bonchev–Trinajstić information content (AvgIpc) is 3.09. The smallest absolute Gasteiger partial charge is 0.362 e. The van der Waals surface area contributed by atoms with Crippen LogP contribution in [0.25, 0.3) is 0 Å². The SMILES string of the molecule is CC/C=C/C/C=C/C/C=C/CCCCC(=O)OC(COCCC(C(=O)O)[N+](C)(C)C)COC(=O)CCCCC/C=C/C=C/CCCCCCCCC. The highest BCUT2D eigenvalue weighted by atomic mass is 16.6. The number of allylic oxidation sites excluding steroid dienone is 10. The van der Waals surface area contributed by atoms with E-state index in [0.29, 0.717) is 19.3 Å². The zero-order valence-electron chi connectivity index (χ0n) is 33.7. The number of likely N-dealkylation sites (N-methyl/N-ethyl adjacent to an activating group) is 1. The van der Waals surface area contributed by atoms with E-state index in [4.69, 9.17) is 14.2 Å². The first kappa shape index (κ1) is 49.0. The van der Waals surface area contributed by atoms with E-state index in [0.717, 1.165) is 64.2 Å². The number of rotatable bonds is 35.